The third-order valence-corrected chi connectivity index (χ3v) is 9.46. The van der Waals surface area contributed by atoms with Crippen molar-refractivity contribution >= 4 is 9.24 Å². The van der Waals surface area contributed by atoms with Crippen molar-refractivity contribution in [2.75, 3.05) is 0 Å². The van der Waals surface area contributed by atoms with Gasteiger partial charge in [-0.3, -0.25) is 0 Å². The Bertz CT molecular complexity index is 1220. The van der Waals surface area contributed by atoms with Gasteiger partial charge in [-0.1, -0.05) is 110 Å². The van der Waals surface area contributed by atoms with Crippen LogP contribution in [0.1, 0.15) is 83.9 Å². The molecular weight excluding hydrogens is 507 g/mol. The molecule has 0 saturated heterocycles. The second-order valence-corrected chi connectivity index (χ2v) is 12.2. The molecule has 0 aliphatic carbocycles. The van der Waals surface area contributed by atoms with Crippen molar-refractivity contribution in [3.8, 4) is 11.5 Å². The third kappa shape index (κ3) is 6.61. The topological polar surface area (TPSA) is 40.5 Å². The largest absolute Gasteiger partial charge is 0.507 e. The zero-order chi connectivity index (χ0) is 28.5. The van der Waals surface area contributed by atoms with Crippen LogP contribution in [0.2, 0.25) is 0 Å². The Balaban J connectivity index is 1.37. The zero-order valence-electron chi connectivity index (χ0n) is 24.4. The lowest BCUT2D eigenvalue weighted by Crippen LogP contribution is -2.29. The van der Waals surface area contributed by atoms with Gasteiger partial charge in [-0.05, 0) is 91.9 Å². The zero-order valence-corrected chi connectivity index (χ0v) is 25.5. The highest BCUT2D eigenvalue weighted by molar-refractivity contribution is 7.17. The average Bonchev–Trinajstić information content (AvgIpc) is 3.00. The maximum Gasteiger partial charge on any atom is 0.122 e. The Kier molecular flexibility index (Phi) is 10.5. The van der Waals surface area contributed by atoms with Gasteiger partial charge in [-0.2, -0.15) is 0 Å². The summed E-state index contributed by atoms with van der Waals surface area (Å²) < 4.78 is 0. The van der Waals surface area contributed by atoms with Crippen LogP contribution in [-0.4, -0.2) is 15.9 Å². The lowest BCUT2D eigenvalue weighted by molar-refractivity contribution is 0.441. The Morgan fingerprint density at radius 2 is 1.00 bits per heavy atom. The average molecular weight is 553 g/mol. The van der Waals surface area contributed by atoms with Gasteiger partial charge in [-0.25, -0.2) is 0 Å². The fraction of sp³-hybridized carbons (Fsp3) is 0.351. The van der Waals surface area contributed by atoms with Crippen LogP contribution in [0.15, 0.2) is 91.0 Å². The van der Waals surface area contributed by atoms with Gasteiger partial charge < -0.3 is 10.2 Å². The molecule has 0 saturated carbocycles. The summed E-state index contributed by atoms with van der Waals surface area (Å²) in [6, 6.07) is 33.0. The molecule has 2 nitrogen and oxygen atoms in total. The number of phenolic OH excluding ortho intramolecular Hbond substituents is 2. The van der Waals surface area contributed by atoms with E-state index < -0.39 is 0 Å². The fourth-order valence-corrected chi connectivity index (χ4v) is 6.71. The van der Waals surface area contributed by atoms with Crippen molar-refractivity contribution in [1.82, 2.24) is 0 Å². The quantitative estimate of drug-likeness (QED) is 0.0750. The Morgan fingerprint density at radius 1 is 0.575 bits per heavy atom. The smallest absolute Gasteiger partial charge is 0.122 e. The van der Waals surface area contributed by atoms with Crippen LogP contribution >= 0.6 is 9.24 Å². The summed E-state index contributed by atoms with van der Waals surface area (Å²) in [5.41, 5.74) is 7.77. The van der Waals surface area contributed by atoms with Crippen molar-refractivity contribution in [3.05, 3.63) is 130 Å². The fourth-order valence-electron chi connectivity index (χ4n) is 6.24. The van der Waals surface area contributed by atoms with Crippen LogP contribution in [-0.2, 0) is 11.8 Å². The van der Waals surface area contributed by atoms with E-state index in [4.69, 9.17) is 0 Å². The summed E-state index contributed by atoms with van der Waals surface area (Å²) in [4.78, 5) is 0. The lowest BCUT2D eigenvalue weighted by Gasteiger charge is -2.36. The second kappa shape index (κ2) is 14.0. The van der Waals surface area contributed by atoms with Crippen LogP contribution in [0.4, 0.5) is 0 Å². The summed E-state index contributed by atoms with van der Waals surface area (Å²) in [6.45, 7) is 5.66. The van der Waals surface area contributed by atoms with E-state index in [9.17, 15) is 10.2 Å². The van der Waals surface area contributed by atoms with E-state index in [-0.39, 0.29) is 5.41 Å². The van der Waals surface area contributed by atoms with E-state index in [1.807, 2.05) is 20.8 Å². The first-order valence-electron chi connectivity index (χ1n) is 14.8. The Labute approximate surface area is 243 Å². The second-order valence-electron chi connectivity index (χ2n) is 11.3. The highest BCUT2D eigenvalue weighted by atomic mass is 31.0. The van der Waals surface area contributed by atoms with Gasteiger partial charge in [0, 0.05) is 11.0 Å². The van der Waals surface area contributed by atoms with Gasteiger partial charge in [-0.15, -0.1) is 9.24 Å². The number of hydrogen-bond donors (Lipinski definition) is 2. The van der Waals surface area contributed by atoms with Crippen LogP contribution in [0.25, 0.3) is 0 Å². The minimum Gasteiger partial charge on any atom is -0.507 e. The molecule has 4 aromatic rings. The number of aromatic hydroxyl groups is 2. The first kappa shape index (κ1) is 29.9. The van der Waals surface area contributed by atoms with Crippen LogP contribution < -0.4 is 0 Å². The predicted octanol–water partition coefficient (Wildman–Crippen LogP) is 9.57. The molecule has 3 heteroatoms. The van der Waals surface area contributed by atoms with E-state index in [0.717, 1.165) is 60.8 Å². The van der Waals surface area contributed by atoms with Gasteiger partial charge in [0.25, 0.3) is 0 Å². The number of benzene rings is 4. The minimum atomic E-state index is -0.169. The molecule has 40 heavy (non-hydrogen) atoms. The molecule has 2 unspecified atom stereocenters. The van der Waals surface area contributed by atoms with Crippen molar-refractivity contribution in [2.45, 2.75) is 83.2 Å². The van der Waals surface area contributed by atoms with Gasteiger partial charge in [0.05, 0.1) is 0 Å². The highest BCUT2D eigenvalue weighted by Gasteiger charge is 2.35. The van der Waals surface area contributed by atoms with E-state index in [0.29, 0.717) is 17.2 Å². The van der Waals surface area contributed by atoms with E-state index in [1.165, 1.54) is 29.5 Å². The predicted molar refractivity (Wildman–Crippen MR) is 173 cm³/mol. The van der Waals surface area contributed by atoms with E-state index >= 15 is 0 Å². The highest BCUT2D eigenvalue weighted by Crippen LogP contribution is 2.43. The van der Waals surface area contributed by atoms with E-state index in [1.54, 1.807) is 0 Å². The third-order valence-electron chi connectivity index (χ3n) is 8.79. The molecule has 4 rings (SSSR count). The number of rotatable bonds is 13. The van der Waals surface area contributed by atoms with Crippen LogP contribution in [0.5, 0.6) is 11.5 Å². The van der Waals surface area contributed by atoms with E-state index in [2.05, 4.69) is 100 Å². The van der Waals surface area contributed by atoms with Gasteiger partial charge in [0.2, 0.25) is 0 Å². The van der Waals surface area contributed by atoms with Crippen molar-refractivity contribution in [1.29, 1.82) is 0 Å². The first-order chi connectivity index (χ1) is 19.4. The molecule has 0 heterocycles. The molecule has 4 aromatic carbocycles. The van der Waals surface area contributed by atoms with Gasteiger partial charge >= 0.3 is 0 Å². The first-order valence-corrected chi connectivity index (χ1v) is 15.5. The molecule has 0 amide bonds. The van der Waals surface area contributed by atoms with Crippen molar-refractivity contribution in [2.24, 2.45) is 0 Å². The molecule has 0 bridgehead atoms. The molecule has 0 aromatic heterocycles. The maximum absolute atomic E-state index is 10.6. The molecule has 0 spiro atoms. The van der Waals surface area contributed by atoms with Crippen LogP contribution in [0, 0.1) is 20.8 Å². The number of hydrogen-bond acceptors (Lipinski definition) is 2. The normalized spacial score (nSPS) is 12.4. The summed E-state index contributed by atoms with van der Waals surface area (Å²) >= 11 is 0. The Hall–Kier alpha value is -3.09. The van der Waals surface area contributed by atoms with Crippen LogP contribution in [0.3, 0.4) is 0 Å². The molecule has 2 atom stereocenters. The Morgan fingerprint density at radius 3 is 1.48 bits per heavy atom. The summed E-state index contributed by atoms with van der Waals surface area (Å²) in [7, 11) is 3.08. The molecule has 2 N–H and O–H groups in total. The monoisotopic (exact) mass is 552 g/mol. The standard InChI is InChI=1S/C37H45O2P/c1-27-28(2)36(39)34(29(3)35(27)38)25-14-13-23-33(40)24-15-16-26-37(30-17-7-4-8-18-30,31-19-9-5-10-20-31)32-21-11-6-12-22-32/h4-12,17-22,33,38-39H,13-16,23-26,40H2,1-3H3. The van der Waals surface area contributed by atoms with Crippen molar-refractivity contribution < 1.29 is 10.2 Å². The van der Waals surface area contributed by atoms with Gasteiger partial charge in [0.1, 0.15) is 11.5 Å². The summed E-state index contributed by atoms with van der Waals surface area (Å²) in [5.74, 6) is 0.681. The molecule has 0 aliphatic rings. The summed E-state index contributed by atoms with van der Waals surface area (Å²) in [6.07, 6.45) is 8.68. The number of unbranched alkanes of at least 4 members (excludes halogenated alkanes) is 2. The number of phenols is 2. The minimum absolute atomic E-state index is 0.169. The summed E-state index contributed by atoms with van der Waals surface area (Å²) in [5, 5.41) is 21.1. The molecular formula is C37H45O2P. The maximum atomic E-state index is 10.6. The van der Waals surface area contributed by atoms with Gasteiger partial charge in [0.15, 0.2) is 0 Å². The molecule has 0 aliphatic heterocycles. The SMILES string of the molecule is Cc1c(C)c(O)c(CCCCC(P)CCCCC(c2ccccc2)(c2ccccc2)c2ccccc2)c(C)c1O. The lowest BCUT2D eigenvalue weighted by atomic mass is 9.66. The molecule has 0 radical (unpaired) electrons. The van der Waals surface area contributed by atoms with Crippen molar-refractivity contribution in [3.63, 3.8) is 0 Å². The molecule has 210 valence electrons. The molecule has 0 fully saturated rings.